The van der Waals surface area contributed by atoms with E-state index in [1.54, 1.807) is 0 Å². The van der Waals surface area contributed by atoms with Crippen molar-refractivity contribution in [3.05, 3.63) is 0 Å². The monoisotopic (exact) mass is 242 g/mol. The molecule has 2 atom stereocenters. The lowest BCUT2D eigenvalue weighted by Crippen LogP contribution is -2.60. The van der Waals surface area contributed by atoms with Gasteiger partial charge in [0.15, 0.2) is 0 Å². The molecule has 0 aromatic carbocycles. The molecule has 1 aliphatic rings. The molecule has 0 radical (unpaired) electrons. The van der Waals surface area contributed by atoms with E-state index in [2.05, 4.69) is 5.32 Å². The maximum absolute atomic E-state index is 12.0. The van der Waals surface area contributed by atoms with Gasteiger partial charge in [0.1, 0.15) is 6.04 Å². The summed E-state index contributed by atoms with van der Waals surface area (Å²) in [4.78, 5) is 35.6. The third kappa shape index (κ3) is 3.16. The molecule has 0 aromatic heterocycles. The Morgan fingerprint density at radius 1 is 1.59 bits per heavy atom. The van der Waals surface area contributed by atoms with E-state index < -0.39 is 23.9 Å². The highest BCUT2D eigenvalue weighted by Crippen LogP contribution is 2.10. The number of carbonyl (C=O) groups excluding carboxylic acids is 3. The molecular formula is C10H18N4O3. The normalized spacial score (nSPS) is 21.9. The van der Waals surface area contributed by atoms with Gasteiger partial charge in [0, 0.05) is 13.1 Å². The van der Waals surface area contributed by atoms with Crippen LogP contribution < -0.4 is 16.8 Å². The van der Waals surface area contributed by atoms with Crippen molar-refractivity contribution in [2.24, 2.45) is 11.5 Å². The van der Waals surface area contributed by atoms with E-state index in [0.717, 1.165) is 0 Å². The molecule has 1 aliphatic heterocycles. The first kappa shape index (κ1) is 13.4. The lowest BCUT2D eigenvalue weighted by molar-refractivity contribution is -0.144. The second-order valence-electron chi connectivity index (χ2n) is 4.02. The van der Waals surface area contributed by atoms with E-state index in [-0.39, 0.29) is 12.3 Å². The van der Waals surface area contributed by atoms with E-state index in [4.69, 9.17) is 11.5 Å². The molecule has 0 aliphatic carbocycles. The Hall–Kier alpha value is -1.63. The summed E-state index contributed by atoms with van der Waals surface area (Å²) in [5, 5.41) is 2.68. The number of rotatable bonds is 4. The predicted molar refractivity (Wildman–Crippen MR) is 60.6 cm³/mol. The van der Waals surface area contributed by atoms with Crippen LogP contribution in [0.3, 0.4) is 0 Å². The first-order valence-electron chi connectivity index (χ1n) is 5.59. The van der Waals surface area contributed by atoms with Crippen LogP contribution in [0.1, 0.15) is 19.8 Å². The molecule has 0 bridgehead atoms. The molecule has 1 fully saturated rings. The molecule has 1 heterocycles. The van der Waals surface area contributed by atoms with E-state index >= 15 is 0 Å². The first-order chi connectivity index (χ1) is 7.97. The highest BCUT2D eigenvalue weighted by Gasteiger charge is 2.34. The predicted octanol–water partition coefficient (Wildman–Crippen LogP) is -2.07. The summed E-state index contributed by atoms with van der Waals surface area (Å²) in [7, 11) is 0. The van der Waals surface area contributed by atoms with Gasteiger partial charge in [0.25, 0.3) is 0 Å². The van der Waals surface area contributed by atoms with Crippen LogP contribution in [-0.2, 0) is 14.4 Å². The first-order valence-corrected chi connectivity index (χ1v) is 5.59. The highest BCUT2D eigenvalue weighted by atomic mass is 16.2. The second-order valence-corrected chi connectivity index (χ2v) is 4.02. The van der Waals surface area contributed by atoms with Crippen LogP contribution in [0.2, 0.25) is 0 Å². The highest BCUT2D eigenvalue weighted by molar-refractivity contribution is 5.92. The van der Waals surface area contributed by atoms with Crippen molar-refractivity contribution >= 4 is 17.7 Å². The van der Waals surface area contributed by atoms with Gasteiger partial charge in [-0.25, -0.2) is 0 Å². The Morgan fingerprint density at radius 2 is 2.24 bits per heavy atom. The molecule has 0 aromatic rings. The summed E-state index contributed by atoms with van der Waals surface area (Å²) in [6.45, 7) is 2.63. The Morgan fingerprint density at radius 3 is 2.76 bits per heavy atom. The molecule has 7 heteroatoms. The molecule has 1 saturated heterocycles. The van der Waals surface area contributed by atoms with Crippen LogP contribution in [-0.4, -0.2) is 47.8 Å². The standard InChI is InChI=1S/C10H18N4O3/c1-2-7-9(16)13-3-4-14(7)10(17)6(11)5-8(12)15/h6-7H,2-5,11H2,1H3,(H2,12,15)(H,13,16). The van der Waals surface area contributed by atoms with Crippen LogP contribution in [0.4, 0.5) is 0 Å². The number of hydrogen-bond donors (Lipinski definition) is 3. The maximum atomic E-state index is 12.0. The van der Waals surface area contributed by atoms with Crippen molar-refractivity contribution < 1.29 is 14.4 Å². The summed E-state index contributed by atoms with van der Waals surface area (Å²) in [6, 6.07) is -1.47. The fourth-order valence-corrected chi connectivity index (χ4v) is 1.90. The largest absolute Gasteiger partial charge is 0.370 e. The van der Waals surface area contributed by atoms with Crippen molar-refractivity contribution in [3.63, 3.8) is 0 Å². The third-order valence-corrected chi connectivity index (χ3v) is 2.74. The van der Waals surface area contributed by atoms with Crippen LogP contribution in [0, 0.1) is 0 Å². The number of hydrogen-bond acceptors (Lipinski definition) is 4. The van der Waals surface area contributed by atoms with E-state index in [1.807, 2.05) is 6.92 Å². The summed E-state index contributed by atoms with van der Waals surface area (Å²) in [5.41, 5.74) is 10.6. The Bertz CT molecular complexity index is 332. The molecule has 3 amide bonds. The zero-order valence-electron chi connectivity index (χ0n) is 9.81. The molecule has 96 valence electrons. The van der Waals surface area contributed by atoms with Crippen molar-refractivity contribution in [3.8, 4) is 0 Å². The van der Waals surface area contributed by atoms with E-state index in [0.29, 0.717) is 19.5 Å². The Balaban J connectivity index is 2.72. The van der Waals surface area contributed by atoms with Crippen molar-refractivity contribution in [1.82, 2.24) is 10.2 Å². The van der Waals surface area contributed by atoms with Gasteiger partial charge in [0.05, 0.1) is 12.5 Å². The average molecular weight is 242 g/mol. The van der Waals surface area contributed by atoms with Crippen LogP contribution in [0.15, 0.2) is 0 Å². The van der Waals surface area contributed by atoms with E-state index in [9.17, 15) is 14.4 Å². The van der Waals surface area contributed by atoms with E-state index in [1.165, 1.54) is 4.90 Å². The van der Waals surface area contributed by atoms with Crippen LogP contribution in [0.5, 0.6) is 0 Å². The van der Waals surface area contributed by atoms with Gasteiger partial charge in [-0.3, -0.25) is 14.4 Å². The maximum Gasteiger partial charge on any atom is 0.242 e. The number of piperazine rings is 1. The van der Waals surface area contributed by atoms with Crippen LogP contribution in [0.25, 0.3) is 0 Å². The fourth-order valence-electron chi connectivity index (χ4n) is 1.90. The van der Waals surface area contributed by atoms with Crippen molar-refractivity contribution in [1.29, 1.82) is 0 Å². The summed E-state index contributed by atoms with van der Waals surface area (Å²) >= 11 is 0. The average Bonchev–Trinajstić information content (AvgIpc) is 2.26. The lowest BCUT2D eigenvalue weighted by atomic mass is 10.1. The summed E-state index contributed by atoms with van der Waals surface area (Å²) in [6.07, 6.45) is 0.314. The number of nitrogens with one attached hydrogen (secondary N) is 1. The molecule has 0 saturated carbocycles. The van der Waals surface area contributed by atoms with Crippen molar-refractivity contribution in [2.75, 3.05) is 13.1 Å². The van der Waals surface area contributed by atoms with Gasteiger partial charge in [-0.05, 0) is 6.42 Å². The van der Waals surface area contributed by atoms with Crippen LogP contribution >= 0.6 is 0 Å². The van der Waals surface area contributed by atoms with Crippen molar-refractivity contribution in [2.45, 2.75) is 31.8 Å². The van der Waals surface area contributed by atoms with Gasteiger partial charge in [-0.1, -0.05) is 6.92 Å². The number of primary amides is 1. The Labute approximate surface area is 99.5 Å². The molecule has 7 nitrogen and oxygen atoms in total. The van der Waals surface area contributed by atoms with Gasteiger partial charge in [-0.15, -0.1) is 0 Å². The third-order valence-electron chi connectivity index (χ3n) is 2.74. The smallest absolute Gasteiger partial charge is 0.242 e. The minimum atomic E-state index is -0.965. The van der Waals surface area contributed by atoms with Gasteiger partial charge in [-0.2, -0.15) is 0 Å². The molecule has 5 N–H and O–H groups in total. The molecule has 1 rings (SSSR count). The topological polar surface area (TPSA) is 119 Å². The SMILES string of the molecule is CCC1C(=O)NCCN1C(=O)C(N)CC(N)=O. The zero-order chi connectivity index (χ0) is 13.0. The number of nitrogens with zero attached hydrogens (tertiary/aromatic N) is 1. The number of nitrogens with two attached hydrogens (primary N) is 2. The minimum Gasteiger partial charge on any atom is -0.370 e. The lowest BCUT2D eigenvalue weighted by Gasteiger charge is -2.35. The molecule has 17 heavy (non-hydrogen) atoms. The number of amides is 3. The van der Waals surface area contributed by atoms with Gasteiger partial charge >= 0.3 is 0 Å². The molecule has 0 spiro atoms. The summed E-state index contributed by atoms with van der Waals surface area (Å²) < 4.78 is 0. The number of carbonyl (C=O) groups is 3. The quantitative estimate of drug-likeness (QED) is 0.524. The molecule has 2 unspecified atom stereocenters. The molecular weight excluding hydrogens is 224 g/mol. The minimum absolute atomic E-state index is 0.182. The zero-order valence-corrected chi connectivity index (χ0v) is 9.81. The fraction of sp³-hybridized carbons (Fsp3) is 0.700. The van der Waals surface area contributed by atoms with Gasteiger partial charge in [0.2, 0.25) is 17.7 Å². The summed E-state index contributed by atoms with van der Waals surface area (Å²) in [5.74, 6) is -1.20. The Kier molecular flexibility index (Phi) is 4.45. The second kappa shape index (κ2) is 5.62. The van der Waals surface area contributed by atoms with Gasteiger partial charge < -0.3 is 21.7 Å².